The molecule has 0 amide bonds. The van der Waals surface area contributed by atoms with E-state index in [1.807, 2.05) is 0 Å². The van der Waals surface area contributed by atoms with Gasteiger partial charge in [0.1, 0.15) is 4.90 Å². The van der Waals surface area contributed by atoms with Crippen LogP contribution in [0.4, 0.5) is 3.89 Å². The van der Waals surface area contributed by atoms with Gasteiger partial charge in [0.2, 0.25) is 0 Å². The summed E-state index contributed by atoms with van der Waals surface area (Å²) < 4.78 is 33.8. The molecular formula is C8H8ClFO2S. The molecule has 0 unspecified atom stereocenters. The summed E-state index contributed by atoms with van der Waals surface area (Å²) in [4.78, 5) is -0.311. The van der Waals surface area contributed by atoms with E-state index < -0.39 is 10.2 Å². The van der Waals surface area contributed by atoms with Gasteiger partial charge >= 0.3 is 10.2 Å². The Kier molecular flexibility index (Phi) is 2.63. The van der Waals surface area contributed by atoms with Crippen LogP contribution < -0.4 is 0 Å². The van der Waals surface area contributed by atoms with Crippen LogP contribution in [0.3, 0.4) is 0 Å². The van der Waals surface area contributed by atoms with Gasteiger partial charge in [-0.05, 0) is 37.1 Å². The average molecular weight is 223 g/mol. The van der Waals surface area contributed by atoms with Crippen LogP contribution in [0, 0.1) is 13.8 Å². The highest BCUT2D eigenvalue weighted by Crippen LogP contribution is 2.25. The van der Waals surface area contributed by atoms with Gasteiger partial charge in [0, 0.05) is 5.02 Å². The molecule has 1 aromatic rings. The minimum atomic E-state index is -4.63. The van der Waals surface area contributed by atoms with Gasteiger partial charge in [0.15, 0.2) is 0 Å². The maximum atomic E-state index is 12.6. The summed E-state index contributed by atoms with van der Waals surface area (Å²) in [5.74, 6) is 0. The highest BCUT2D eigenvalue weighted by atomic mass is 35.5. The van der Waals surface area contributed by atoms with Gasteiger partial charge in [-0.15, -0.1) is 3.89 Å². The van der Waals surface area contributed by atoms with Crippen molar-refractivity contribution in [2.24, 2.45) is 0 Å². The predicted molar refractivity (Wildman–Crippen MR) is 49.2 cm³/mol. The molecule has 0 aromatic heterocycles. The molecule has 0 saturated carbocycles. The summed E-state index contributed by atoms with van der Waals surface area (Å²) in [5.41, 5.74) is 0.940. The van der Waals surface area contributed by atoms with Gasteiger partial charge in [-0.3, -0.25) is 0 Å². The smallest absolute Gasteiger partial charge is 0.189 e. The molecule has 0 fully saturated rings. The van der Waals surface area contributed by atoms with Gasteiger partial charge in [-0.25, -0.2) is 0 Å². The van der Waals surface area contributed by atoms with Crippen molar-refractivity contribution in [3.8, 4) is 0 Å². The molecule has 0 aliphatic carbocycles. The van der Waals surface area contributed by atoms with Gasteiger partial charge in [0.05, 0.1) is 0 Å². The van der Waals surface area contributed by atoms with Crippen LogP contribution in [0.25, 0.3) is 0 Å². The molecule has 0 aliphatic heterocycles. The minimum absolute atomic E-state index is 0.311. The van der Waals surface area contributed by atoms with E-state index in [1.165, 1.54) is 19.1 Å². The van der Waals surface area contributed by atoms with Crippen molar-refractivity contribution in [1.82, 2.24) is 0 Å². The second-order valence-electron chi connectivity index (χ2n) is 2.73. The van der Waals surface area contributed by atoms with Crippen molar-refractivity contribution < 1.29 is 12.3 Å². The lowest BCUT2D eigenvalue weighted by atomic mass is 10.1. The van der Waals surface area contributed by atoms with Crippen LogP contribution >= 0.6 is 11.6 Å². The molecular weight excluding hydrogens is 215 g/mol. The van der Waals surface area contributed by atoms with Crippen LogP contribution in [0.2, 0.25) is 5.02 Å². The summed E-state index contributed by atoms with van der Waals surface area (Å²) in [5, 5.41) is 0.435. The van der Waals surface area contributed by atoms with Gasteiger partial charge in [0.25, 0.3) is 0 Å². The monoisotopic (exact) mass is 222 g/mol. The first-order valence-electron chi connectivity index (χ1n) is 3.54. The van der Waals surface area contributed by atoms with Crippen molar-refractivity contribution in [2.75, 3.05) is 0 Å². The molecule has 0 saturated heterocycles. The quantitative estimate of drug-likeness (QED) is 0.685. The lowest BCUT2D eigenvalue weighted by molar-refractivity contribution is 0.551. The van der Waals surface area contributed by atoms with E-state index >= 15 is 0 Å². The van der Waals surface area contributed by atoms with Crippen LogP contribution in [0.5, 0.6) is 0 Å². The third kappa shape index (κ3) is 2.00. The second-order valence-corrected chi connectivity index (χ2v) is 4.46. The molecule has 1 aromatic carbocycles. The Morgan fingerprint density at radius 3 is 2.23 bits per heavy atom. The number of halogens is 2. The van der Waals surface area contributed by atoms with Crippen molar-refractivity contribution >= 4 is 21.8 Å². The molecule has 0 spiro atoms. The van der Waals surface area contributed by atoms with E-state index in [1.54, 1.807) is 6.92 Å². The molecule has 1 rings (SSSR count). The Labute approximate surface area is 81.6 Å². The van der Waals surface area contributed by atoms with Crippen molar-refractivity contribution in [2.45, 2.75) is 18.7 Å². The topological polar surface area (TPSA) is 34.1 Å². The van der Waals surface area contributed by atoms with Crippen LogP contribution in [0.1, 0.15) is 11.1 Å². The Morgan fingerprint density at radius 1 is 1.23 bits per heavy atom. The Balaban J connectivity index is 3.53. The molecule has 0 heterocycles. The standard InChI is InChI=1S/C8H8ClFO2S/c1-5-6(2)8(13(10,11)12)4-3-7(5)9/h3-4H,1-2H3. The van der Waals surface area contributed by atoms with Crippen molar-refractivity contribution in [1.29, 1.82) is 0 Å². The molecule has 13 heavy (non-hydrogen) atoms. The summed E-state index contributed by atoms with van der Waals surface area (Å²) in [6.07, 6.45) is 0. The van der Waals surface area contributed by atoms with Crippen LogP contribution in [-0.2, 0) is 10.2 Å². The fourth-order valence-corrected chi connectivity index (χ4v) is 1.98. The lowest BCUT2D eigenvalue weighted by Gasteiger charge is -2.05. The van der Waals surface area contributed by atoms with E-state index in [0.717, 1.165) is 0 Å². The Bertz CT molecular complexity index is 440. The first-order valence-corrected chi connectivity index (χ1v) is 5.30. The Morgan fingerprint density at radius 2 is 1.77 bits per heavy atom. The largest absolute Gasteiger partial charge is 0.332 e. The normalized spacial score (nSPS) is 11.7. The molecule has 0 N–H and O–H groups in total. The van der Waals surface area contributed by atoms with E-state index in [0.29, 0.717) is 16.1 Å². The second kappa shape index (κ2) is 3.27. The van der Waals surface area contributed by atoms with E-state index in [-0.39, 0.29) is 4.90 Å². The minimum Gasteiger partial charge on any atom is -0.189 e. The average Bonchev–Trinajstić information content (AvgIpc) is 1.98. The van der Waals surface area contributed by atoms with Gasteiger partial charge in [-0.1, -0.05) is 11.6 Å². The number of hydrogen-bond donors (Lipinski definition) is 0. The lowest BCUT2D eigenvalue weighted by Crippen LogP contribution is -1.97. The number of rotatable bonds is 1. The van der Waals surface area contributed by atoms with Crippen LogP contribution in [-0.4, -0.2) is 8.42 Å². The van der Waals surface area contributed by atoms with Crippen LogP contribution in [0.15, 0.2) is 17.0 Å². The fraction of sp³-hybridized carbons (Fsp3) is 0.250. The molecule has 0 radical (unpaired) electrons. The maximum Gasteiger partial charge on any atom is 0.332 e. The summed E-state index contributed by atoms with van der Waals surface area (Å²) in [7, 11) is -4.63. The fourth-order valence-electron chi connectivity index (χ4n) is 1.03. The Hall–Kier alpha value is -0.610. The van der Waals surface area contributed by atoms with Gasteiger partial charge in [-0.2, -0.15) is 8.42 Å². The summed E-state index contributed by atoms with van der Waals surface area (Å²) in [6, 6.07) is 2.54. The maximum absolute atomic E-state index is 12.6. The van der Waals surface area contributed by atoms with Crippen molar-refractivity contribution in [3.05, 3.63) is 28.3 Å². The predicted octanol–water partition coefficient (Wildman–Crippen LogP) is 2.62. The number of benzene rings is 1. The van der Waals surface area contributed by atoms with Crippen molar-refractivity contribution in [3.63, 3.8) is 0 Å². The third-order valence-electron chi connectivity index (χ3n) is 1.93. The zero-order chi connectivity index (χ0) is 10.2. The highest BCUT2D eigenvalue weighted by molar-refractivity contribution is 7.86. The zero-order valence-corrected chi connectivity index (χ0v) is 8.71. The molecule has 5 heteroatoms. The van der Waals surface area contributed by atoms with Gasteiger partial charge < -0.3 is 0 Å². The molecule has 0 aliphatic rings. The van der Waals surface area contributed by atoms with E-state index in [9.17, 15) is 12.3 Å². The van der Waals surface area contributed by atoms with E-state index in [4.69, 9.17) is 11.6 Å². The molecule has 2 nitrogen and oxygen atoms in total. The first kappa shape index (κ1) is 10.5. The third-order valence-corrected chi connectivity index (χ3v) is 3.31. The first-order chi connectivity index (χ1) is 5.84. The summed E-state index contributed by atoms with van der Waals surface area (Å²) in [6.45, 7) is 3.17. The summed E-state index contributed by atoms with van der Waals surface area (Å²) >= 11 is 5.72. The highest BCUT2D eigenvalue weighted by Gasteiger charge is 2.16. The molecule has 0 atom stereocenters. The molecule has 0 bridgehead atoms. The van der Waals surface area contributed by atoms with E-state index in [2.05, 4.69) is 0 Å². The molecule has 72 valence electrons. The SMILES string of the molecule is Cc1c(Cl)ccc(S(=O)(=O)F)c1C. The zero-order valence-electron chi connectivity index (χ0n) is 7.14. The number of hydrogen-bond acceptors (Lipinski definition) is 2.